The van der Waals surface area contributed by atoms with Crippen molar-refractivity contribution in [3.05, 3.63) is 29.8 Å². The highest BCUT2D eigenvalue weighted by Crippen LogP contribution is 2.28. The lowest BCUT2D eigenvalue weighted by atomic mass is 9.92. The van der Waals surface area contributed by atoms with Crippen LogP contribution in [0.5, 0.6) is 0 Å². The first kappa shape index (κ1) is 18.2. The molecule has 1 heterocycles. The number of hydrogen-bond donors (Lipinski definition) is 3. The fourth-order valence-corrected chi connectivity index (χ4v) is 5.17. The lowest BCUT2D eigenvalue weighted by Gasteiger charge is -2.33. The number of amides is 1. The monoisotopic (exact) mass is 384 g/mol. The average molecular weight is 384 g/mol. The number of benzene rings is 1. The fourth-order valence-electron chi connectivity index (χ4n) is 2.68. The van der Waals surface area contributed by atoms with Crippen LogP contribution >= 0.6 is 11.8 Å². The third-order valence-electron chi connectivity index (χ3n) is 4.43. The molecular weight excluding hydrogens is 364 g/mol. The molecule has 2 aliphatic rings. The largest absolute Gasteiger partial charge is 0.480 e. The van der Waals surface area contributed by atoms with E-state index in [1.807, 2.05) is 0 Å². The van der Waals surface area contributed by atoms with Gasteiger partial charge < -0.3 is 10.4 Å². The van der Waals surface area contributed by atoms with E-state index in [1.165, 1.54) is 24.3 Å². The number of carbonyl (C=O) groups is 2. The second kappa shape index (κ2) is 6.97. The van der Waals surface area contributed by atoms with Gasteiger partial charge in [0.1, 0.15) is 5.54 Å². The van der Waals surface area contributed by atoms with Gasteiger partial charge in [-0.25, -0.2) is 17.9 Å². The van der Waals surface area contributed by atoms with E-state index in [1.54, 1.807) is 11.8 Å². The molecule has 0 bridgehead atoms. The van der Waals surface area contributed by atoms with Crippen LogP contribution in [0.1, 0.15) is 36.0 Å². The number of sulfonamides is 1. The Bertz CT molecular complexity index is 766. The van der Waals surface area contributed by atoms with E-state index in [9.17, 15) is 23.1 Å². The second-order valence-corrected chi connectivity index (χ2v) is 9.31. The molecule has 2 fully saturated rings. The number of carboxylic acids is 1. The molecule has 136 valence electrons. The van der Waals surface area contributed by atoms with E-state index in [0.717, 1.165) is 12.8 Å². The van der Waals surface area contributed by atoms with Gasteiger partial charge in [-0.3, -0.25) is 4.79 Å². The van der Waals surface area contributed by atoms with Gasteiger partial charge in [0.25, 0.3) is 5.91 Å². The molecule has 3 N–H and O–H groups in total. The molecule has 0 spiro atoms. The normalized spacial score (nSPS) is 20.0. The molecule has 0 unspecified atom stereocenters. The fraction of sp³-hybridized carbons (Fsp3) is 0.500. The van der Waals surface area contributed by atoms with Crippen LogP contribution in [-0.4, -0.2) is 48.5 Å². The Labute approximate surface area is 150 Å². The van der Waals surface area contributed by atoms with Crippen LogP contribution in [-0.2, 0) is 14.8 Å². The maximum Gasteiger partial charge on any atom is 0.329 e. The molecule has 0 aromatic heterocycles. The van der Waals surface area contributed by atoms with Crippen molar-refractivity contribution in [2.75, 3.05) is 11.5 Å². The summed E-state index contributed by atoms with van der Waals surface area (Å²) < 4.78 is 26.8. The Hall–Kier alpha value is -1.58. The minimum atomic E-state index is -3.57. The van der Waals surface area contributed by atoms with Crippen LogP contribution < -0.4 is 10.0 Å². The predicted octanol–water partition coefficient (Wildman–Crippen LogP) is 1.21. The van der Waals surface area contributed by atoms with Gasteiger partial charge in [0.2, 0.25) is 10.0 Å². The SMILES string of the molecule is O=C(NC1(C(=O)O)CCSCC1)c1ccc(S(=O)(=O)NC2CC2)cc1. The topological polar surface area (TPSA) is 113 Å². The highest BCUT2D eigenvalue weighted by Gasteiger charge is 2.41. The molecular formula is C16H20N2O5S2. The third-order valence-corrected chi connectivity index (χ3v) is 6.96. The summed E-state index contributed by atoms with van der Waals surface area (Å²) in [5.74, 6) is -0.185. The van der Waals surface area contributed by atoms with Crippen molar-refractivity contribution in [2.24, 2.45) is 0 Å². The molecule has 1 aromatic carbocycles. The quantitative estimate of drug-likeness (QED) is 0.679. The molecule has 1 saturated heterocycles. The van der Waals surface area contributed by atoms with E-state index in [4.69, 9.17) is 0 Å². The summed E-state index contributed by atoms with van der Waals surface area (Å²) in [6, 6.07) is 5.55. The number of hydrogen-bond acceptors (Lipinski definition) is 5. The zero-order valence-corrected chi connectivity index (χ0v) is 15.2. The maximum atomic E-state index is 12.4. The molecule has 1 aliphatic carbocycles. The summed E-state index contributed by atoms with van der Waals surface area (Å²) in [4.78, 5) is 24.1. The minimum Gasteiger partial charge on any atom is -0.480 e. The van der Waals surface area contributed by atoms with Gasteiger partial charge in [0.05, 0.1) is 4.90 Å². The second-order valence-electron chi connectivity index (χ2n) is 6.37. The number of thioether (sulfide) groups is 1. The van der Waals surface area contributed by atoms with E-state index in [0.29, 0.717) is 24.3 Å². The molecule has 7 nitrogen and oxygen atoms in total. The van der Waals surface area contributed by atoms with Gasteiger partial charge in [-0.05, 0) is 61.5 Å². The predicted molar refractivity (Wildman–Crippen MR) is 94.2 cm³/mol. The molecule has 0 atom stereocenters. The molecule has 1 amide bonds. The van der Waals surface area contributed by atoms with Crippen molar-refractivity contribution in [1.29, 1.82) is 0 Å². The smallest absolute Gasteiger partial charge is 0.329 e. The molecule has 0 radical (unpaired) electrons. The lowest BCUT2D eigenvalue weighted by molar-refractivity contribution is -0.144. The minimum absolute atomic E-state index is 0.00701. The van der Waals surface area contributed by atoms with Crippen LogP contribution in [0.3, 0.4) is 0 Å². The van der Waals surface area contributed by atoms with Crippen molar-refractivity contribution >= 4 is 33.7 Å². The third kappa shape index (κ3) is 4.16. The Morgan fingerprint density at radius 1 is 1.12 bits per heavy atom. The van der Waals surface area contributed by atoms with Crippen molar-refractivity contribution < 1.29 is 23.1 Å². The number of aliphatic carboxylic acids is 1. The summed E-state index contributed by atoms with van der Waals surface area (Å²) in [6.07, 6.45) is 2.43. The molecule has 1 aliphatic heterocycles. The van der Waals surface area contributed by atoms with Gasteiger partial charge in [0.15, 0.2) is 0 Å². The Morgan fingerprint density at radius 2 is 1.72 bits per heavy atom. The van der Waals surface area contributed by atoms with Gasteiger partial charge in [-0.2, -0.15) is 11.8 Å². The van der Waals surface area contributed by atoms with Gasteiger partial charge in [0, 0.05) is 11.6 Å². The highest BCUT2D eigenvalue weighted by atomic mass is 32.2. The summed E-state index contributed by atoms with van der Waals surface area (Å²) in [5.41, 5.74) is -1.01. The first-order valence-electron chi connectivity index (χ1n) is 8.08. The van der Waals surface area contributed by atoms with Crippen molar-refractivity contribution in [2.45, 2.75) is 42.2 Å². The number of rotatable bonds is 6. The van der Waals surface area contributed by atoms with Crippen LogP contribution in [0.4, 0.5) is 0 Å². The van der Waals surface area contributed by atoms with E-state index < -0.39 is 27.4 Å². The van der Waals surface area contributed by atoms with Gasteiger partial charge in [-0.15, -0.1) is 0 Å². The molecule has 25 heavy (non-hydrogen) atoms. The first-order valence-corrected chi connectivity index (χ1v) is 10.7. The van der Waals surface area contributed by atoms with Crippen LogP contribution in [0.25, 0.3) is 0 Å². The van der Waals surface area contributed by atoms with E-state index in [-0.39, 0.29) is 16.5 Å². The maximum absolute atomic E-state index is 12.4. The standard InChI is InChI=1S/C16H20N2O5S2/c19-14(17-16(15(20)21)7-9-24-10-8-16)11-1-5-13(6-2-11)25(22,23)18-12-3-4-12/h1-2,5-6,12,18H,3-4,7-10H2,(H,17,19)(H,20,21). The van der Waals surface area contributed by atoms with Crippen molar-refractivity contribution in [3.63, 3.8) is 0 Å². The summed E-state index contributed by atoms with van der Waals surface area (Å²) >= 11 is 1.66. The van der Waals surface area contributed by atoms with Crippen LogP contribution in [0, 0.1) is 0 Å². The number of carbonyl (C=O) groups excluding carboxylic acids is 1. The lowest BCUT2D eigenvalue weighted by Crippen LogP contribution is -2.56. The molecule has 3 rings (SSSR count). The molecule has 9 heteroatoms. The summed E-state index contributed by atoms with van der Waals surface area (Å²) in [6.45, 7) is 0. The number of carboxylic acid groups (broad SMARTS) is 1. The summed E-state index contributed by atoms with van der Waals surface area (Å²) in [5, 5.41) is 12.1. The zero-order chi connectivity index (χ0) is 18.1. The zero-order valence-electron chi connectivity index (χ0n) is 13.5. The molecule has 1 aromatic rings. The molecule has 1 saturated carbocycles. The van der Waals surface area contributed by atoms with Crippen LogP contribution in [0.15, 0.2) is 29.2 Å². The van der Waals surface area contributed by atoms with Crippen molar-refractivity contribution in [3.8, 4) is 0 Å². The van der Waals surface area contributed by atoms with Crippen LogP contribution in [0.2, 0.25) is 0 Å². The first-order chi connectivity index (χ1) is 11.8. The highest BCUT2D eigenvalue weighted by molar-refractivity contribution is 7.99. The Balaban J connectivity index is 1.73. The number of nitrogens with one attached hydrogen (secondary N) is 2. The van der Waals surface area contributed by atoms with Crippen molar-refractivity contribution in [1.82, 2.24) is 10.0 Å². The average Bonchev–Trinajstić information content (AvgIpc) is 3.39. The Kier molecular flexibility index (Phi) is 5.08. The van der Waals surface area contributed by atoms with Gasteiger partial charge in [-0.1, -0.05) is 0 Å². The van der Waals surface area contributed by atoms with E-state index >= 15 is 0 Å². The summed E-state index contributed by atoms with van der Waals surface area (Å²) in [7, 11) is -3.57. The Morgan fingerprint density at radius 3 is 2.24 bits per heavy atom. The van der Waals surface area contributed by atoms with E-state index in [2.05, 4.69) is 10.0 Å². The van der Waals surface area contributed by atoms with Gasteiger partial charge >= 0.3 is 5.97 Å².